The van der Waals surface area contributed by atoms with Gasteiger partial charge in [-0.05, 0) is 50.7 Å². The molecule has 0 bridgehead atoms. The van der Waals surface area contributed by atoms with Crippen LogP contribution >= 0.6 is 23.2 Å². The second-order valence-corrected chi connectivity index (χ2v) is 7.72. The molecule has 27 heavy (non-hydrogen) atoms. The zero-order valence-corrected chi connectivity index (χ0v) is 18.0. The van der Waals surface area contributed by atoms with Crippen LogP contribution in [0.15, 0.2) is 18.2 Å². The van der Waals surface area contributed by atoms with E-state index in [2.05, 4.69) is 19.2 Å². The quantitative estimate of drug-likeness (QED) is 0.686. The SMILES string of the molecule is CCc1nn(CCNC(=O)CN(C)C)c(CC)c1Cc1cc(Cl)cc(Cl)c1. The van der Waals surface area contributed by atoms with E-state index >= 15 is 0 Å². The number of nitrogens with one attached hydrogen (secondary N) is 1. The van der Waals surface area contributed by atoms with Crippen LogP contribution in [-0.4, -0.2) is 47.8 Å². The highest BCUT2D eigenvalue weighted by Crippen LogP contribution is 2.25. The number of hydrogen-bond acceptors (Lipinski definition) is 3. The van der Waals surface area contributed by atoms with Crippen LogP contribution in [0.5, 0.6) is 0 Å². The Morgan fingerprint density at radius 3 is 2.37 bits per heavy atom. The van der Waals surface area contributed by atoms with Gasteiger partial charge >= 0.3 is 0 Å². The van der Waals surface area contributed by atoms with E-state index in [4.69, 9.17) is 28.3 Å². The topological polar surface area (TPSA) is 50.2 Å². The fourth-order valence-electron chi connectivity index (χ4n) is 3.22. The van der Waals surface area contributed by atoms with Crippen molar-refractivity contribution in [1.82, 2.24) is 20.0 Å². The third kappa shape index (κ3) is 6.23. The predicted octanol–water partition coefficient (Wildman–Crippen LogP) is 3.58. The van der Waals surface area contributed by atoms with Crippen molar-refractivity contribution in [1.29, 1.82) is 0 Å². The van der Waals surface area contributed by atoms with Crippen LogP contribution in [0.4, 0.5) is 0 Å². The minimum absolute atomic E-state index is 0.0229. The second-order valence-electron chi connectivity index (χ2n) is 6.84. The minimum atomic E-state index is 0.0229. The number of carbonyl (C=O) groups excluding carboxylic acids is 1. The third-order valence-corrected chi connectivity index (χ3v) is 4.76. The average Bonchev–Trinajstić information content (AvgIpc) is 2.89. The smallest absolute Gasteiger partial charge is 0.234 e. The van der Waals surface area contributed by atoms with Crippen LogP contribution in [0, 0.1) is 0 Å². The molecule has 1 heterocycles. The number of aromatic nitrogens is 2. The van der Waals surface area contributed by atoms with Crippen molar-refractivity contribution in [2.45, 2.75) is 39.7 Å². The molecule has 1 amide bonds. The molecule has 0 unspecified atom stereocenters. The molecule has 0 fully saturated rings. The van der Waals surface area contributed by atoms with Gasteiger partial charge in [-0.2, -0.15) is 5.10 Å². The summed E-state index contributed by atoms with van der Waals surface area (Å²) in [6.45, 7) is 5.85. The van der Waals surface area contributed by atoms with E-state index in [0.29, 0.717) is 29.7 Å². The molecule has 5 nitrogen and oxygen atoms in total. The van der Waals surface area contributed by atoms with Gasteiger partial charge < -0.3 is 10.2 Å². The van der Waals surface area contributed by atoms with E-state index in [0.717, 1.165) is 30.5 Å². The van der Waals surface area contributed by atoms with Crippen molar-refractivity contribution in [3.05, 3.63) is 50.8 Å². The van der Waals surface area contributed by atoms with Crippen molar-refractivity contribution in [3.63, 3.8) is 0 Å². The molecule has 2 aromatic rings. The molecule has 1 aromatic heterocycles. The standard InChI is InChI=1S/C20H28Cl2N4O/c1-5-18-17(11-14-9-15(21)12-16(22)10-14)19(6-2)26(24-18)8-7-23-20(27)13-25(3)4/h9-10,12H,5-8,11,13H2,1-4H3,(H,23,27). The maximum absolute atomic E-state index is 11.8. The highest BCUT2D eigenvalue weighted by atomic mass is 35.5. The Morgan fingerprint density at radius 1 is 1.15 bits per heavy atom. The predicted molar refractivity (Wildman–Crippen MR) is 112 cm³/mol. The second kappa shape index (κ2) is 10.1. The lowest BCUT2D eigenvalue weighted by Crippen LogP contribution is -2.35. The van der Waals surface area contributed by atoms with Crippen molar-refractivity contribution in [2.24, 2.45) is 0 Å². The first-order valence-electron chi connectivity index (χ1n) is 9.27. The van der Waals surface area contributed by atoms with Gasteiger partial charge in [-0.1, -0.05) is 37.0 Å². The number of rotatable bonds is 9. The van der Waals surface area contributed by atoms with Gasteiger partial charge in [0, 0.05) is 34.3 Å². The lowest BCUT2D eigenvalue weighted by Gasteiger charge is -2.12. The fraction of sp³-hybridized carbons (Fsp3) is 0.500. The summed E-state index contributed by atoms with van der Waals surface area (Å²) in [4.78, 5) is 13.7. The average molecular weight is 411 g/mol. The molecule has 1 N–H and O–H groups in total. The van der Waals surface area contributed by atoms with Gasteiger partial charge in [-0.25, -0.2) is 0 Å². The summed E-state index contributed by atoms with van der Waals surface area (Å²) < 4.78 is 2.02. The third-order valence-electron chi connectivity index (χ3n) is 4.33. The molecule has 1 aromatic carbocycles. The highest BCUT2D eigenvalue weighted by Gasteiger charge is 2.16. The van der Waals surface area contributed by atoms with Crippen molar-refractivity contribution < 1.29 is 4.79 Å². The van der Waals surface area contributed by atoms with Gasteiger partial charge in [-0.3, -0.25) is 9.48 Å². The summed E-state index contributed by atoms with van der Waals surface area (Å²) in [6, 6.07) is 5.64. The maximum atomic E-state index is 11.8. The Morgan fingerprint density at radius 2 is 1.81 bits per heavy atom. The molecule has 0 aliphatic rings. The Labute approximate surface area is 171 Å². The van der Waals surface area contributed by atoms with Crippen LogP contribution in [0.25, 0.3) is 0 Å². The number of hydrogen-bond donors (Lipinski definition) is 1. The molecular formula is C20H28Cl2N4O. The molecule has 148 valence electrons. The Hall–Kier alpha value is -1.56. The summed E-state index contributed by atoms with van der Waals surface area (Å²) in [6.07, 6.45) is 2.48. The largest absolute Gasteiger partial charge is 0.353 e. The van der Waals surface area contributed by atoms with Crippen LogP contribution in [0.2, 0.25) is 10.0 Å². The van der Waals surface area contributed by atoms with E-state index < -0.39 is 0 Å². The van der Waals surface area contributed by atoms with Gasteiger partial charge in [0.15, 0.2) is 0 Å². The molecule has 0 aliphatic heterocycles. The maximum Gasteiger partial charge on any atom is 0.234 e. The molecule has 0 aliphatic carbocycles. The lowest BCUT2D eigenvalue weighted by molar-refractivity contribution is -0.121. The monoisotopic (exact) mass is 410 g/mol. The molecule has 0 atom stereocenters. The Bertz CT molecular complexity index is 766. The number of likely N-dealkylation sites (N-methyl/N-ethyl adjacent to an activating group) is 1. The van der Waals surface area contributed by atoms with Crippen molar-refractivity contribution in [2.75, 3.05) is 27.2 Å². The van der Waals surface area contributed by atoms with Gasteiger partial charge in [0.05, 0.1) is 18.8 Å². The summed E-state index contributed by atoms with van der Waals surface area (Å²) in [7, 11) is 3.76. The zero-order valence-electron chi connectivity index (χ0n) is 16.5. The molecule has 0 spiro atoms. The number of benzene rings is 1. The summed E-state index contributed by atoms with van der Waals surface area (Å²) in [5.41, 5.74) is 4.60. The van der Waals surface area contributed by atoms with E-state index in [9.17, 15) is 4.79 Å². The first-order chi connectivity index (χ1) is 12.8. The van der Waals surface area contributed by atoms with E-state index in [1.54, 1.807) is 6.07 Å². The molecule has 0 radical (unpaired) electrons. The van der Waals surface area contributed by atoms with E-state index in [1.165, 1.54) is 11.3 Å². The van der Waals surface area contributed by atoms with E-state index in [-0.39, 0.29) is 5.91 Å². The van der Waals surface area contributed by atoms with Crippen LogP contribution in [0.3, 0.4) is 0 Å². The number of aryl methyl sites for hydroxylation is 1. The molecule has 7 heteroatoms. The van der Waals surface area contributed by atoms with Crippen molar-refractivity contribution >= 4 is 29.1 Å². The highest BCUT2D eigenvalue weighted by molar-refractivity contribution is 6.34. The Kier molecular flexibility index (Phi) is 8.14. The summed E-state index contributed by atoms with van der Waals surface area (Å²) in [5, 5.41) is 9.02. The minimum Gasteiger partial charge on any atom is -0.353 e. The number of halogens is 2. The lowest BCUT2D eigenvalue weighted by atomic mass is 10.0. The van der Waals surface area contributed by atoms with Crippen molar-refractivity contribution in [3.8, 4) is 0 Å². The summed E-state index contributed by atoms with van der Waals surface area (Å²) in [5.74, 6) is 0.0229. The first kappa shape index (κ1) is 21.7. The van der Waals surface area contributed by atoms with Crippen LogP contribution < -0.4 is 5.32 Å². The number of amides is 1. The molecule has 0 saturated carbocycles. The molecule has 0 saturated heterocycles. The van der Waals surface area contributed by atoms with Gasteiger partial charge in [-0.15, -0.1) is 0 Å². The van der Waals surface area contributed by atoms with Gasteiger partial charge in [0.25, 0.3) is 0 Å². The molecule has 2 rings (SSSR count). The number of nitrogens with zero attached hydrogens (tertiary/aromatic N) is 3. The van der Waals surface area contributed by atoms with E-state index in [1.807, 2.05) is 35.8 Å². The van der Waals surface area contributed by atoms with Crippen LogP contribution in [0.1, 0.15) is 36.4 Å². The zero-order chi connectivity index (χ0) is 20.0. The fourth-order valence-corrected chi connectivity index (χ4v) is 3.79. The Balaban J connectivity index is 2.17. The summed E-state index contributed by atoms with van der Waals surface area (Å²) >= 11 is 12.3. The van der Waals surface area contributed by atoms with Gasteiger partial charge in [0.2, 0.25) is 5.91 Å². The van der Waals surface area contributed by atoms with Gasteiger partial charge in [0.1, 0.15) is 0 Å². The molecular weight excluding hydrogens is 383 g/mol. The number of carbonyl (C=O) groups is 1. The normalized spacial score (nSPS) is 11.2. The van der Waals surface area contributed by atoms with Crippen LogP contribution in [-0.2, 0) is 30.6 Å². The first-order valence-corrected chi connectivity index (χ1v) is 10.0.